The number of halogens is 1. The van der Waals surface area contributed by atoms with Gasteiger partial charge in [-0.3, -0.25) is 0 Å². The summed E-state index contributed by atoms with van der Waals surface area (Å²) in [6.07, 6.45) is 1.33. The van der Waals surface area contributed by atoms with E-state index in [4.69, 9.17) is 4.74 Å². The second kappa shape index (κ2) is 9.02. The maximum atomic E-state index is 12.6. The Labute approximate surface area is 172 Å². The van der Waals surface area contributed by atoms with Crippen molar-refractivity contribution in [3.63, 3.8) is 0 Å². The van der Waals surface area contributed by atoms with Crippen molar-refractivity contribution in [2.45, 2.75) is 46.6 Å². The van der Waals surface area contributed by atoms with Crippen LogP contribution in [0.1, 0.15) is 55.2 Å². The SMILES string of the molecule is Cc1ccc2c(Nc3ccc(C(C)C)cc3)c(C(=O)OC(C)C)cnc2n1.Cl. The van der Waals surface area contributed by atoms with Crippen molar-refractivity contribution >= 4 is 40.8 Å². The molecule has 0 bridgehead atoms. The second-order valence-electron chi connectivity index (χ2n) is 7.23. The van der Waals surface area contributed by atoms with Crippen molar-refractivity contribution in [3.8, 4) is 0 Å². The summed E-state index contributed by atoms with van der Waals surface area (Å²) in [5.41, 5.74) is 4.69. The van der Waals surface area contributed by atoms with Crippen LogP contribution < -0.4 is 5.32 Å². The zero-order valence-electron chi connectivity index (χ0n) is 16.8. The van der Waals surface area contributed by atoms with Gasteiger partial charge in [-0.05, 0) is 56.5 Å². The molecule has 148 valence electrons. The van der Waals surface area contributed by atoms with E-state index < -0.39 is 5.97 Å². The van der Waals surface area contributed by atoms with Crippen LogP contribution in [-0.4, -0.2) is 22.0 Å². The summed E-state index contributed by atoms with van der Waals surface area (Å²) in [5.74, 6) is 0.0610. The van der Waals surface area contributed by atoms with Crippen LogP contribution in [0.15, 0.2) is 42.6 Å². The molecule has 0 amide bonds. The largest absolute Gasteiger partial charge is 0.459 e. The van der Waals surface area contributed by atoms with Gasteiger partial charge in [-0.1, -0.05) is 26.0 Å². The van der Waals surface area contributed by atoms with Gasteiger partial charge in [0.05, 0.1) is 11.8 Å². The molecule has 0 saturated carbocycles. The van der Waals surface area contributed by atoms with E-state index in [0.717, 1.165) is 16.8 Å². The monoisotopic (exact) mass is 399 g/mol. The van der Waals surface area contributed by atoms with E-state index >= 15 is 0 Å². The molecule has 0 saturated heterocycles. The number of benzene rings is 1. The molecule has 0 radical (unpaired) electrons. The standard InChI is InChI=1S/C22H25N3O2.ClH/c1-13(2)16-7-9-17(10-8-16)25-20-18-11-6-15(5)24-21(18)23-12-19(20)22(26)27-14(3)4;/h6-14H,1-5H3,(H,23,24,25);1H. The zero-order valence-corrected chi connectivity index (χ0v) is 17.6. The topological polar surface area (TPSA) is 64.1 Å². The highest BCUT2D eigenvalue weighted by molar-refractivity contribution is 6.05. The summed E-state index contributed by atoms with van der Waals surface area (Å²) in [4.78, 5) is 21.4. The van der Waals surface area contributed by atoms with Crippen LogP contribution >= 0.6 is 12.4 Å². The molecule has 1 N–H and O–H groups in total. The van der Waals surface area contributed by atoms with Gasteiger partial charge in [0, 0.05) is 23.0 Å². The quantitative estimate of drug-likeness (QED) is 0.550. The summed E-state index contributed by atoms with van der Waals surface area (Å²) in [6, 6.07) is 12.0. The minimum Gasteiger partial charge on any atom is -0.459 e. The molecule has 2 heterocycles. The van der Waals surface area contributed by atoms with E-state index in [1.165, 1.54) is 11.8 Å². The summed E-state index contributed by atoms with van der Waals surface area (Å²) in [7, 11) is 0. The number of anilines is 2. The lowest BCUT2D eigenvalue weighted by Crippen LogP contribution is -2.14. The van der Waals surface area contributed by atoms with Crippen LogP contribution in [0.3, 0.4) is 0 Å². The van der Waals surface area contributed by atoms with Crippen LogP contribution in [-0.2, 0) is 4.74 Å². The number of pyridine rings is 2. The molecule has 0 fully saturated rings. The lowest BCUT2D eigenvalue weighted by Gasteiger charge is -2.16. The number of hydrogen-bond acceptors (Lipinski definition) is 5. The van der Waals surface area contributed by atoms with Gasteiger partial charge in [-0.25, -0.2) is 14.8 Å². The molecule has 0 unspecified atom stereocenters. The number of carbonyl (C=O) groups excluding carboxylic acids is 1. The van der Waals surface area contributed by atoms with Gasteiger partial charge in [0.25, 0.3) is 0 Å². The van der Waals surface area contributed by atoms with Crippen molar-refractivity contribution in [1.82, 2.24) is 9.97 Å². The average molecular weight is 400 g/mol. The molecule has 6 heteroatoms. The fourth-order valence-corrected chi connectivity index (χ4v) is 2.83. The van der Waals surface area contributed by atoms with Crippen LogP contribution in [0.25, 0.3) is 11.0 Å². The summed E-state index contributed by atoms with van der Waals surface area (Å²) in [5, 5.41) is 4.16. The zero-order chi connectivity index (χ0) is 19.6. The fraction of sp³-hybridized carbons (Fsp3) is 0.318. The first-order valence-electron chi connectivity index (χ1n) is 9.19. The first-order valence-corrected chi connectivity index (χ1v) is 9.19. The predicted molar refractivity (Wildman–Crippen MR) is 116 cm³/mol. The third-order valence-electron chi connectivity index (χ3n) is 4.28. The Kier molecular flexibility index (Phi) is 6.97. The predicted octanol–water partition coefficient (Wildman–Crippen LogP) is 5.79. The first-order chi connectivity index (χ1) is 12.8. The molecule has 0 atom stereocenters. The average Bonchev–Trinajstić information content (AvgIpc) is 2.61. The van der Waals surface area contributed by atoms with Gasteiger partial charge < -0.3 is 10.1 Å². The Bertz CT molecular complexity index is 969. The maximum absolute atomic E-state index is 12.6. The highest BCUT2D eigenvalue weighted by Crippen LogP contribution is 2.30. The van der Waals surface area contributed by atoms with E-state index in [2.05, 4.69) is 41.3 Å². The second-order valence-corrected chi connectivity index (χ2v) is 7.23. The van der Waals surface area contributed by atoms with Crippen molar-refractivity contribution < 1.29 is 9.53 Å². The minimum absolute atomic E-state index is 0. The van der Waals surface area contributed by atoms with E-state index in [1.54, 1.807) is 0 Å². The fourth-order valence-electron chi connectivity index (χ4n) is 2.83. The molecule has 5 nitrogen and oxygen atoms in total. The Morgan fingerprint density at radius 3 is 2.32 bits per heavy atom. The Morgan fingerprint density at radius 2 is 1.71 bits per heavy atom. The number of hydrogen-bond donors (Lipinski definition) is 1. The Hall–Kier alpha value is -2.66. The van der Waals surface area contributed by atoms with Gasteiger partial charge in [0.15, 0.2) is 5.65 Å². The number of ether oxygens (including phenoxy) is 1. The highest BCUT2D eigenvalue weighted by Gasteiger charge is 2.19. The van der Waals surface area contributed by atoms with Crippen molar-refractivity contribution in [3.05, 3.63) is 59.4 Å². The molecule has 0 aliphatic carbocycles. The van der Waals surface area contributed by atoms with Gasteiger partial charge >= 0.3 is 5.97 Å². The number of aryl methyl sites for hydroxylation is 1. The number of esters is 1. The number of nitrogens with one attached hydrogen (secondary N) is 1. The van der Waals surface area contributed by atoms with Gasteiger partial charge in [-0.15, -0.1) is 12.4 Å². The molecule has 0 aliphatic rings. The summed E-state index contributed by atoms with van der Waals surface area (Å²) >= 11 is 0. The number of carbonyl (C=O) groups is 1. The van der Waals surface area contributed by atoms with E-state index in [1.807, 2.05) is 45.0 Å². The lowest BCUT2D eigenvalue weighted by molar-refractivity contribution is 0.0379. The smallest absolute Gasteiger partial charge is 0.342 e. The van der Waals surface area contributed by atoms with Crippen molar-refractivity contribution in [2.75, 3.05) is 5.32 Å². The summed E-state index contributed by atoms with van der Waals surface area (Å²) < 4.78 is 5.40. The van der Waals surface area contributed by atoms with E-state index in [-0.39, 0.29) is 18.5 Å². The van der Waals surface area contributed by atoms with E-state index in [0.29, 0.717) is 22.8 Å². The highest BCUT2D eigenvalue weighted by atomic mass is 35.5. The van der Waals surface area contributed by atoms with Gasteiger partial charge in [-0.2, -0.15) is 0 Å². The molecule has 28 heavy (non-hydrogen) atoms. The number of fused-ring (bicyclic) bond motifs is 1. The van der Waals surface area contributed by atoms with Crippen LogP contribution in [0.4, 0.5) is 11.4 Å². The van der Waals surface area contributed by atoms with Crippen LogP contribution in [0, 0.1) is 6.92 Å². The molecule has 1 aromatic carbocycles. The van der Waals surface area contributed by atoms with Gasteiger partial charge in [0.2, 0.25) is 0 Å². The Balaban J connectivity index is 0.00000280. The van der Waals surface area contributed by atoms with E-state index in [9.17, 15) is 4.79 Å². The molecule has 0 aliphatic heterocycles. The minimum atomic E-state index is -0.402. The third-order valence-corrected chi connectivity index (χ3v) is 4.28. The van der Waals surface area contributed by atoms with Crippen LogP contribution in [0.2, 0.25) is 0 Å². The molecular weight excluding hydrogens is 374 g/mol. The molecule has 2 aromatic heterocycles. The van der Waals surface area contributed by atoms with Gasteiger partial charge in [0.1, 0.15) is 5.56 Å². The summed E-state index contributed by atoms with van der Waals surface area (Å²) in [6.45, 7) is 9.89. The molecule has 3 aromatic rings. The normalized spacial score (nSPS) is 10.8. The lowest BCUT2D eigenvalue weighted by atomic mass is 10.0. The number of aromatic nitrogens is 2. The van der Waals surface area contributed by atoms with Crippen molar-refractivity contribution in [1.29, 1.82) is 0 Å². The first kappa shape index (κ1) is 21.6. The maximum Gasteiger partial charge on any atom is 0.342 e. The molecule has 3 rings (SSSR count). The molecule has 0 spiro atoms. The van der Waals surface area contributed by atoms with Crippen molar-refractivity contribution in [2.24, 2.45) is 0 Å². The number of nitrogens with zero attached hydrogens (tertiary/aromatic N) is 2. The molecular formula is C22H26ClN3O2. The Morgan fingerprint density at radius 1 is 1.04 bits per heavy atom. The van der Waals surface area contributed by atoms with Crippen LogP contribution in [0.5, 0.6) is 0 Å². The third kappa shape index (κ3) is 4.78. The number of rotatable bonds is 5.